The number of nitrogens with two attached hydrogens (primary N) is 1. The van der Waals surface area contributed by atoms with Crippen LogP contribution in [0.1, 0.15) is 25.5 Å². The van der Waals surface area contributed by atoms with E-state index in [1.54, 1.807) is 31.2 Å². The summed E-state index contributed by atoms with van der Waals surface area (Å²) in [4.78, 5) is 23.8. The molecular formula is C20H26ClN3O3. The van der Waals surface area contributed by atoms with Crippen LogP contribution in [0.25, 0.3) is 0 Å². The van der Waals surface area contributed by atoms with Crippen molar-refractivity contribution in [1.29, 1.82) is 0 Å². The first kappa shape index (κ1) is 22.5. The molecule has 0 saturated carbocycles. The van der Waals surface area contributed by atoms with Gasteiger partial charge in [0, 0.05) is 18.3 Å². The Labute approximate surface area is 165 Å². The van der Waals surface area contributed by atoms with Crippen molar-refractivity contribution in [2.75, 3.05) is 18.5 Å². The van der Waals surface area contributed by atoms with Crippen LogP contribution in [-0.4, -0.2) is 25.0 Å². The van der Waals surface area contributed by atoms with Gasteiger partial charge in [-0.2, -0.15) is 0 Å². The van der Waals surface area contributed by atoms with Crippen LogP contribution in [0, 0.1) is 5.92 Å². The first-order valence-electron chi connectivity index (χ1n) is 8.62. The van der Waals surface area contributed by atoms with E-state index in [0.717, 1.165) is 5.56 Å². The third kappa shape index (κ3) is 6.92. The number of hydrogen-bond donors (Lipinski definition) is 3. The van der Waals surface area contributed by atoms with Crippen molar-refractivity contribution < 1.29 is 14.3 Å². The van der Waals surface area contributed by atoms with Crippen LogP contribution in [0.5, 0.6) is 5.75 Å². The summed E-state index contributed by atoms with van der Waals surface area (Å²) < 4.78 is 5.38. The van der Waals surface area contributed by atoms with Gasteiger partial charge in [-0.3, -0.25) is 9.59 Å². The zero-order valence-corrected chi connectivity index (χ0v) is 16.3. The Morgan fingerprint density at radius 3 is 2.30 bits per heavy atom. The second kappa shape index (κ2) is 11.2. The Bertz CT molecular complexity index is 723. The van der Waals surface area contributed by atoms with Crippen molar-refractivity contribution in [1.82, 2.24) is 5.32 Å². The zero-order chi connectivity index (χ0) is 18.9. The van der Waals surface area contributed by atoms with Gasteiger partial charge in [0.1, 0.15) is 5.75 Å². The summed E-state index contributed by atoms with van der Waals surface area (Å²) >= 11 is 0. The number of ether oxygens (including phenoxy) is 1. The standard InChI is InChI=1S/C20H25N3O3.ClH/c1-3-22-18(24)13-26-17-11-9-16(10-12-17)23-20(25)14(2)19(21)15-7-5-4-6-8-15;/h4-12,14,19H,3,13,21H2,1-2H3,(H,22,24)(H,23,25);1H. The average Bonchev–Trinajstić information content (AvgIpc) is 2.67. The zero-order valence-electron chi connectivity index (χ0n) is 15.5. The van der Waals surface area contributed by atoms with Crippen LogP contribution < -0.4 is 21.1 Å². The highest BCUT2D eigenvalue weighted by atomic mass is 35.5. The molecule has 6 nitrogen and oxygen atoms in total. The number of hydrogen-bond acceptors (Lipinski definition) is 4. The summed E-state index contributed by atoms with van der Waals surface area (Å²) in [6.07, 6.45) is 0. The van der Waals surface area contributed by atoms with Gasteiger partial charge in [0.15, 0.2) is 6.61 Å². The molecule has 0 bridgehead atoms. The van der Waals surface area contributed by atoms with Gasteiger partial charge >= 0.3 is 0 Å². The van der Waals surface area contributed by atoms with E-state index >= 15 is 0 Å². The molecule has 2 aromatic carbocycles. The van der Waals surface area contributed by atoms with Crippen molar-refractivity contribution in [3.8, 4) is 5.75 Å². The lowest BCUT2D eigenvalue weighted by molar-refractivity contribution is -0.123. The van der Waals surface area contributed by atoms with E-state index in [2.05, 4.69) is 10.6 Å². The lowest BCUT2D eigenvalue weighted by Crippen LogP contribution is -2.30. The highest BCUT2D eigenvalue weighted by Crippen LogP contribution is 2.22. The number of halogens is 1. The van der Waals surface area contributed by atoms with E-state index < -0.39 is 0 Å². The van der Waals surface area contributed by atoms with Gasteiger partial charge in [0.05, 0.1) is 5.92 Å². The van der Waals surface area contributed by atoms with E-state index in [4.69, 9.17) is 10.5 Å². The molecule has 0 saturated heterocycles. The summed E-state index contributed by atoms with van der Waals surface area (Å²) in [5, 5.41) is 5.51. The first-order chi connectivity index (χ1) is 12.5. The number of carbonyl (C=O) groups is 2. The number of benzene rings is 2. The normalized spacial score (nSPS) is 12.3. The fourth-order valence-electron chi connectivity index (χ4n) is 2.41. The van der Waals surface area contributed by atoms with Gasteiger partial charge in [-0.05, 0) is 36.8 Å². The highest BCUT2D eigenvalue weighted by molar-refractivity contribution is 5.92. The molecular weight excluding hydrogens is 366 g/mol. The van der Waals surface area contributed by atoms with Crippen molar-refractivity contribution in [3.05, 3.63) is 60.2 Å². The fourth-order valence-corrected chi connectivity index (χ4v) is 2.41. The molecule has 4 N–H and O–H groups in total. The Balaban J connectivity index is 0.00000364. The predicted molar refractivity (Wildman–Crippen MR) is 109 cm³/mol. The lowest BCUT2D eigenvalue weighted by atomic mass is 9.94. The lowest BCUT2D eigenvalue weighted by Gasteiger charge is -2.20. The van der Waals surface area contributed by atoms with E-state index in [9.17, 15) is 9.59 Å². The largest absolute Gasteiger partial charge is 0.484 e. The smallest absolute Gasteiger partial charge is 0.257 e. The highest BCUT2D eigenvalue weighted by Gasteiger charge is 2.22. The van der Waals surface area contributed by atoms with Crippen LogP contribution in [-0.2, 0) is 9.59 Å². The Morgan fingerprint density at radius 2 is 1.70 bits per heavy atom. The molecule has 2 unspecified atom stereocenters. The molecule has 146 valence electrons. The topological polar surface area (TPSA) is 93.5 Å². The van der Waals surface area contributed by atoms with Gasteiger partial charge in [0.25, 0.3) is 5.91 Å². The SMILES string of the molecule is CCNC(=O)COc1ccc(NC(=O)C(C)C(N)c2ccccc2)cc1.Cl. The molecule has 0 heterocycles. The number of rotatable bonds is 8. The third-order valence-corrected chi connectivity index (χ3v) is 4.00. The second-order valence-corrected chi connectivity index (χ2v) is 5.98. The molecule has 0 radical (unpaired) electrons. The number of likely N-dealkylation sites (N-methyl/N-ethyl adjacent to an activating group) is 1. The van der Waals surface area contributed by atoms with Crippen molar-refractivity contribution in [2.24, 2.45) is 11.7 Å². The molecule has 27 heavy (non-hydrogen) atoms. The van der Waals surface area contributed by atoms with E-state index in [-0.39, 0.29) is 42.8 Å². The minimum absolute atomic E-state index is 0. The average molecular weight is 392 g/mol. The number of nitrogens with one attached hydrogen (secondary N) is 2. The second-order valence-electron chi connectivity index (χ2n) is 5.98. The maximum atomic E-state index is 12.4. The summed E-state index contributed by atoms with van der Waals surface area (Å²) in [5.74, 6) is -0.152. The Hall–Kier alpha value is -2.57. The van der Waals surface area contributed by atoms with Crippen molar-refractivity contribution in [2.45, 2.75) is 19.9 Å². The van der Waals surface area contributed by atoms with Crippen LogP contribution in [0.4, 0.5) is 5.69 Å². The van der Waals surface area contributed by atoms with E-state index in [1.165, 1.54) is 0 Å². The molecule has 0 aliphatic rings. The van der Waals surface area contributed by atoms with Gasteiger partial charge in [-0.15, -0.1) is 12.4 Å². The van der Waals surface area contributed by atoms with Crippen molar-refractivity contribution in [3.63, 3.8) is 0 Å². The van der Waals surface area contributed by atoms with E-state index in [0.29, 0.717) is 18.0 Å². The maximum absolute atomic E-state index is 12.4. The molecule has 0 fully saturated rings. The molecule has 0 aliphatic carbocycles. The minimum atomic E-state index is -0.383. The van der Waals surface area contributed by atoms with Crippen molar-refractivity contribution >= 4 is 29.9 Å². The summed E-state index contributed by atoms with van der Waals surface area (Å²) in [7, 11) is 0. The van der Waals surface area contributed by atoms with Crippen LogP contribution in [0.2, 0.25) is 0 Å². The predicted octanol–water partition coefficient (Wildman–Crippen LogP) is 2.90. The van der Waals surface area contributed by atoms with Gasteiger partial charge in [-0.1, -0.05) is 37.3 Å². The number of carbonyl (C=O) groups excluding carboxylic acids is 2. The summed E-state index contributed by atoms with van der Waals surface area (Å²) in [5.41, 5.74) is 7.76. The van der Waals surface area contributed by atoms with Gasteiger partial charge in [-0.25, -0.2) is 0 Å². The number of anilines is 1. The van der Waals surface area contributed by atoms with Crippen LogP contribution >= 0.6 is 12.4 Å². The molecule has 2 atom stereocenters. The first-order valence-corrected chi connectivity index (χ1v) is 8.62. The minimum Gasteiger partial charge on any atom is -0.484 e. The monoisotopic (exact) mass is 391 g/mol. The molecule has 2 rings (SSSR count). The van der Waals surface area contributed by atoms with E-state index in [1.807, 2.05) is 37.3 Å². The quantitative estimate of drug-likeness (QED) is 0.645. The molecule has 0 aliphatic heterocycles. The summed E-state index contributed by atoms with van der Waals surface area (Å²) in [6.45, 7) is 4.18. The number of amides is 2. The van der Waals surface area contributed by atoms with Gasteiger partial charge in [0.2, 0.25) is 5.91 Å². The molecule has 2 aromatic rings. The third-order valence-electron chi connectivity index (χ3n) is 4.00. The maximum Gasteiger partial charge on any atom is 0.257 e. The molecule has 0 spiro atoms. The van der Waals surface area contributed by atoms with Gasteiger partial charge < -0.3 is 21.1 Å². The Morgan fingerprint density at radius 1 is 1.07 bits per heavy atom. The van der Waals surface area contributed by atoms with Crippen LogP contribution in [0.3, 0.4) is 0 Å². The fraction of sp³-hybridized carbons (Fsp3) is 0.300. The molecule has 7 heteroatoms. The molecule has 2 amide bonds. The Kier molecular flexibility index (Phi) is 9.33. The summed E-state index contributed by atoms with van der Waals surface area (Å²) in [6, 6.07) is 16.0. The molecule has 0 aromatic heterocycles. The van der Waals surface area contributed by atoms with Crippen LogP contribution in [0.15, 0.2) is 54.6 Å².